The number of ether oxygens (including phenoxy) is 1. The summed E-state index contributed by atoms with van der Waals surface area (Å²) in [6.07, 6.45) is 1.89. The van der Waals surface area contributed by atoms with Crippen LogP contribution >= 0.6 is 0 Å². The molecule has 35 heavy (non-hydrogen) atoms. The SMILES string of the molecule is CCCCN(C)C(=O)[C@@H]1c2ccccc2C(=O)N(Cc2ccc(F)cc2)[C@H]1c1ccc(OC)cc1. The lowest BCUT2D eigenvalue weighted by Crippen LogP contribution is -2.47. The van der Waals surface area contributed by atoms with Crippen molar-refractivity contribution in [3.8, 4) is 5.75 Å². The minimum absolute atomic E-state index is 0.0247. The number of methoxy groups -OCH3 is 1. The average molecular weight is 475 g/mol. The predicted molar refractivity (Wildman–Crippen MR) is 134 cm³/mol. The fourth-order valence-corrected chi connectivity index (χ4v) is 4.74. The molecule has 2 amide bonds. The number of carbonyl (C=O) groups is 2. The van der Waals surface area contributed by atoms with Crippen molar-refractivity contribution in [2.75, 3.05) is 20.7 Å². The van der Waals surface area contributed by atoms with Crippen LogP contribution in [0.5, 0.6) is 5.75 Å². The molecule has 0 aromatic heterocycles. The third kappa shape index (κ3) is 5.06. The minimum atomic E-state index is -0.570. The van der Waals surface area contributed by atoms with Crippen LogP contribution in [0.2, 0.25) is 0 Å². The predicted octanol–water partition coefficient (Wildman–Crippen LogP) is 5.57. The molecular formula is C29H31FN2O3. The van der Waals surface area contributed by atoms with E-state index in [4.69, 9.17) is 4.74 Å². The number of unbranched alkanes of at least 4 members (excludes halogenated alkanes) is 1. The van der Waals surface area contributed by atoms with Crippen LogP contribution in [0.15, 0.2) is 72.8 Å². The Labute approximate surface area is 206 Å². The number of halogens is 1. The van der Waals surface area contributed by atoms with Crippen LogP contribution in [0.1, 0.15) is 58.8 Å². The van der Waals surface area contributed by atoms with Crippen molar-refractivity contribution in [2.24, 2.45) is 0 Å². The van der Waals surface area contributed by atoms with Gasteiger partial charge in [-0.1, -0.05) is 55.8 Å². The molecule has 1 aliphatic heterocycles. The van der Waals surface area contributed by atoms with Gasteiger partial charge in [-0.25, -0.2) is 4.39 Å². The van der Waals surface area contributed by atoms with Gasteiger partial charge in [0.25, 0.3) is 5.91 Å². The molecule has 6 heteroatoms. The number of hydrogen-bond acceptors (Lipinski definition) is 3. The standard InChI is InChI=1S/C29H31FN2O3/c1-4-5-18-31(2)29(34)26-24-8-6-7-9-25(24)28(33)32(19-20-10-14-22(30)15-11-20)27(26)21-12-16-23(35-3)17-13-21/h6-17,26-27H,4-5,18-19H2,1-3H3/t26-,27+/m1/s1. The molecule has 0 N–H and O–H groups in total. The number of benzene rings is 3. The lowest BCUT2D eigenvalue weighted by molar-refractivity contribution is -0.133. The Bertz CT molecular complexity index is 1180. The highest BCUT2D eigenvalue weighted by Crippen LogP contribution is 2.44. The van der Waals surface area contributed by atoms with Gasteiger partial charge in [0, 0.05) is 25.7 Å². The Morgan fingerprint density at radius 2 is 1.71 bits per heavy atom. The zero-order valence-corrected chi connectivity index (χ0v) is 20.4. The second-order valence-corrected chi connectivity index (χ2v) is 8.96. The van der Waals surface area contributed by atoms with Gasteiger partial charge in [0.1, 0.15) is 11.6 Å². The monoisotopic (exact) mass is 474 g/mol. The molecule has 0 fully saturated rings. The molecule has 2 atom stereocenters. The van der Waals surface area contributed by atoms with E-state index < -0.39 is 12.0 Å². The van der Waals surface area contributed by atoms with Gasteiger partial charge >= 0.3 is 0 Å². The molecule has 0 saturated heterocycles. The van der Waals surface area contributed by atoms with Gasteiger partial charge in [-0.05, 0) is 53.4 Å². The molecule has 0 unspecified atom stereocenters. The molecule has 182 valence electrons. The molecular weight excluding hydrogens is 443 g/mol. The lowest BCUT2D eigenvalue weighted by atomic mass is 9.78. The number of carbonyl (C=O) groups excluding carboxylic acids is 2. The molecule has 3 aromatic rings. The quantitative estimate of drug-likeness (QED) is 0.429. The van der Waals surface area contributed by atoms with Crippen LogP contribution in [-0.2, 0) is 11.3 Å². The van der Waals surface area contributed by atoms with Crippen molar-refractivity contribution >= 4 is 11.8 Å². The second-order valence-electron chi connectivity index (χ2n) is 8.96. The topological polar surface area (TPSA) is 49.9 Å². The molecule has 4 rings (SSSR count). The summed E-state index contributed by atoms with van der Waals surface area (Å²) < 4.78 is 18.9. The van der Waals surface area contributed by atoms with E-state index in [-0.39, 0.29) is 24.2 Å². The number of likely N-dealkylation sites (N-methyl/N-ethyl adjacent to an activating group) is 1. The molecule has 0 aliphatic carbocycles. The van der Waals surface area contributed by atoms with Gasteiger partial charge in [-0.2, -0.15) is 0 Å². The summed E-state index contributed by atoms with van der Waals surface area (Å²) in [5, 5.41) is 0. The van der Waals surface area contributed by atoms with E-state index in [9.17, 15) is 14.0 Å². The first-order chi connectivity index (χ1) is 16.9. The zero-order valence-electron chi connectivity index (χ0n) is 20.4. The summed E-state index contributed by atoms with van der Waals surface area (Å²) in [6, 6.07) is 20.5. The van der Waals surface area contributed by atoms with Crippen LogP contribution in [0.3, 0.4) is 0 Å². The van der Waals surface area contributed by atoms with Crippen molar-refractivity contribution in [1.29, 1.82) is 0 Å². The van der Waals surface area contributed by atoms with Crippen molar-refractivity contribution in [1.82, 2.24) is 9.80 Å². The van der Waals surface area contributed by atoms with Gasteiger partial charge in [0.05, 0.1) is 19.1 Å². The summed E-state index contributed by atoms with van der Waals surface area (Å²) >= 11 is 0. The molecule has 0 saturated carbocycles. The molecule has 0 bridgehead atoms. The Morgan fingerprint density at radius 3 is 2.37 bits per heavy atom. The lowest BCUT2D eigenvalue weighted by Gasteiger charge is -2.43. The van der Waals surface area contributed by atoms with E-state index in [1.54, 1.807) is 35.1 Å². The Morgan fingerprint density at radius 1 is 1.03 bits per heavy atom. The summed E-state index contributed by atoms with van der Waals surface area (Å²) in [4.78, 5) is 31.3. The van der Waals surface area contributed by atoms with Crippen LogP contribution in [0.4, 0.5) is 4.39 Å². The van der Waals surface area contributed by atoms with E-state index in [1.165, 1.54) is 12.1 Å². The average Bonchev–Trinajstić information content (AvgIpc) is 2.89. The number of nitrogens with zero attached hydrogens (tertiary/aromatic N) is 2. The number of fused-ring (bicyclic) bond motifs is 1. The fraction of sp³-hybridized carbons (Fsp3) is 0.310. The number of hydrogen-bond donors (Lipinski definition) is 0. The third-order valence-corrected chi connectivity index (χ3v) is 6.65. The largest absolute Gasteiger partial charge is 0.497 e. The maximum Gasteiger partial charge on any atom is 0.255 e. The highest BCUT2D eigenvalue weighted by molar-refractivity contribution is 6.01. The van der Waals surface area contributed by atoms with Crippen LogP contribution < -0.4 is 4.74 Å². The first kappa shape index (κ1) is 24.5. The smallest absolute Gasteiger partial charge is 0.255 e. The van der Waals surface area contributed by atoms with Gasteiger partial charge in [0.2, 0.25) is 5.91 Å². The van der Waals surface area contributed by atoms with Gasteiger partial charge in [0.15, 0.2) is 0 Å². The fourth-order valence-electron chi connectivity index (χ4n) is 4.74. The maximum absolute atomic E-state index is 13.9. The summed E-state index contributed by atoms with van der Waals surface area (Å²) in [5.74, 6) is -0.375. The van der Waals surface area contributed by atoms with Crippen molar-refractivity contribution < 1.29 is 18.7 Å². The highest BCUT2D eigenvalue weighted by atomic mass is 19.1. The van der Waals surface area contributed by atoms with Gasteiger partial charge in [-0.15, -0.1) is 0 Å². The van der Waals surface area contributed by atoms with E-state index in [2.05, 4.69) is 6.92 Å². The third-order valence-electron chi connectivity index (χ3n) is 6.65. The first-order valence-corrected chi connectivity index (χ1v) is 12.0. The number of rotatable bonds is 8. The van der Waals surface area contributed by atoms with Crippen molar-refractivity contribution in [3.05, 3.63) is 101 Å². The maximum atomic E-state index is 13.9. The Kier molecular flexibility index (Phi) is 7.49. The second kappa shape index (κ2) is 10.7. The highest BCUT2D eigenvalue weighted by Gasteiger charge is 2.44. The van der Waals surface area contributed by atoms with Crippen molar-refractivity contribution in [3.63, 3.8) is 0 Å². The first-order valence-electron chi connectivity index (χ1n) is 12.0. The molecule has 0 radical (unpaired) electrons. The van der Waals surface area contributed by atoms with Crippen LogP contribution in [-0.4, -0.2) is 42.3 Å². The van der Waals surface area contributed by atoms with Crippen LogP contribution in [0, 0.1) is 5.82 Å². The normalized spacial score (nSPS) is 17.1. The van der Waals surface area contributed by atoms with E-state index >= 15 is 0 Å². The summed E-state index contributed by atoms with van der Waals surface area (Å²) in [7, 11) is 3.43. The number of amides is 2. The molecule has 0 spiro atoms. The van der Waals surface area contributed by atoms with E-state index in [0.29, 0.717) is 17.9 Å². The molecule has 5 nitrogen and oxygen atoms in total. The molecule has 1 heterocycles. The minimum Gasteiger partial charge on any atom is -0.497 e. The zero-order chi connectivity index (χ0) is 24.9. The summed E-state index contributed by atoms with van der Waals surface area (Å²) in [5.41, 5.74) is 2.91. The van der Waals surface area contributed by atoms with Gasteiger partial charge in [-0.3, -0.25) is 9.59 Å². The van der Waals surface area contributed by atoms with Crippen LogP contribution in [0.25, 0.3) is 0 Å². The van der Waals surface area contributed by atoms with Gasteiger partial charge < -0.3 is 14.5 Å². The van der Waals surface area contributed by atoms with E-state index in [1.807, 2.05) is 49.5 Å². The van der Waals surface area contributed by atoms with E-state index in [0.717, 1.165) is 29.5 Å². The van der Waals surface area contributed by atoms with Crippen molar-refractivity contribution in [2.45, 2.75) is 38.3 Å². The Balaban J connectivity index is 1.85. The molecule has 1 aliphatic rings. The summed E-state index contributed by atoms with van der Waals surface area (Å²) in [6.45, 7) is 3.00. The molecule has 3 aromatic carbocycles. The Hall–Kier alpha value is -3.67.